The van der Waals surface area contributed by atoms with Gasteiger partial charge in [0, 0.05) is 11.6 Å². The molecule has 0 bridgehead atoms. The van der Waals surface area contributed by atoms with Crippen molar-refractivity contribution in [2.75, 3.05) is 0 Å². The maximum atomic E-state index is 12.2. The quantitative estimate of drug-likeness (QED) is 0.633. The summed E-state index contributed by atoms with van der Waals surface area (Å²) in [6, 6.07) is 2.45. The Hall–Kier alpha value is -1.52. The van der Waals surface area contributed by atoms with Gasteiger partial charge in [0.25, 0.3) is 0 Å². The zero-order valence-electron chi connectivity index (χ0n) is 6.30. The lowest BCUT2D eigenvalue weighted by molar-refractivity contribution is -0.137. The molecule has 5 heteroatoms. The van der Waals surface area contributed by atoms with E-state index in [-0.39, 0.29) is 5.71 Å². The minimum atomic E-state index is -4.35. The molecule has 0 amide bonds. The molecule has 2 nitrogen and oxygen atoms in total. The van der Waals surface area contributed by atoms with E-state index in [1.54, 1.807) is 0 Å². The smallest absolute Gasteiger partial charge is 0.417 e. The van der Waals surface area contributed by atoms with Crippen LogP contribution in [-0.4, -0.2) is 4.98 Å². The second kappa shape index (κ2) is 2.48. The summed E-state index contributed by atoms with van der Waals surface area (Å²) in [4.78, 5) is 3.52. The molecule has 2 rings (SSSR count). The van der Waals surface area contributed by atoms with Crippen LogP contribution in [0, 0.1) is 0 Å². The van der Waals surface area contributed by atoms with E-state index in [1.807, 2.05) is 0 Å². The Morgan fingerprint density at radius 3 is 2.77 bits per heavy atom. The van der Waals surface area contributed by atoms with Crippen molar-refractivity contribution in [3.8, 4) is 0 Å². The highest BCUT2D eigenvalue weighted by Gasteiger charge is 2.31. The Kier molecular flexibility index (Phi) is 1.55. The maximum absolute atomic E-state index is 12.2. The highest BCUT2D eigenvalue weighted by molar-refractivity contribution is 5.73. The fourth-order valence-electron chi connectivity index (χ4n) is 1.01. The minimum absolute atomic E-state index is 0.216. The molecule has 2 aromatic heterocycles. The van der Waals surface area contributed by atoms with Crippen molar-refractivity contribution in [2.45, 2.75) is 6.18 Å². The number of aromatic nitrogens is 1. The summed E-state index contributed by atoms with van der Waals surface area (Å²) in [5.41, 5.74) is -0.547. The Morgan fingerprint density at radius 1 is 1.31 bits per heavy atom. The first-order valence-corrected chi connectivity index (χ1v) is 3.48. The van der Waals surface area contributed by atoms with Crippen molar-refractivity contribution in [3.63, 3.8) is 0 Å². The molecule has 13 heavy (non-hydrogen) atoms. The number of nitrogens with zero attached hydrogens (tertiary/aromatic N) is 1. The van der Waals surface area contributed by atoms with Crippen LogP contribution in [0.25, 0.3) is 11.1 Å². The monoisotopic (exact) mass is 187 g/mol. The molecule has 0 saturated carbocycles. The van der Waals surface area contributed by atoms with Gasteiger partial charge >= 0.3 is 6.18 Å². The molecule has 68 valence electrons. The Bertz CT molecular complexity index is 432. The summed E-state index contributed by atoms with van der Waals surface area (Å²) in [6.07, 6.45) is -2.29. The van der Waals surface area contributed by atoms with Gasteiger partial charge in [0.05, 0.1) is 11.8 Å². The van der Waals surface area contributed by atoms with E-state index in [1.165, 1.54) is 12.3 Å². The maximum Gasteiger partial charge on any atom is 0.417 e. The van der Waals surface area contributed by atoms with Crippen LogP contribution in [-0.2, 0) is 6.18 Å². The first kappa shape index (κ1) is 8.10. The molecular formula is C8H4F3NO. The number of alkyl halides is 3. The Labute approximate surface area is 71.0 Å². The highest BCUT2D eigenvalue weighted by Crippen LogP contribution is 2.30. The number of pyridine rings is 1. The zero-order chi connectivity index (χ0) is 9.47. The van der Waals surface area contributed by atoms with Crippen molar-refractivity contribution in [2.24, 2.45) is 0 Å². The molecule has 2 heterocycles. The summed E-state index contributed by atoms with van der Waals surface area (Å²) < 4.78 is 41.3. The van der Waals surface area contributed by atoms with Crippen LogP contribution in [0.15, 0.2) is 29.0 Å². The van der Waals surface area contributed by atoms with Gasteiger partial charge in [0.2, 0.25) is 5.71 Å². The number of hydrogen-bond acceptors (Lipinski definition) is 2. The van der Waals surface area contributed by atoms with Gasteiger partial charge in [-0.3, -0.25) is 0 Å². The van der Waals surface area contributed by atoms with Gasteiger partial charge in [0.1, 0.15) is 0 Å². The Balaban J connectivity index is 2.61. The van der Waals surface area contributed by atoms with Crippen LogP contribution in [0.5, 0.6) is 0 Å². The predicted octanol–water partition coefficient (Wildman–Crippen LogP) is 2.85. The van der Waals surface area contributed by atoms with E-state index < -0.39 is 11.7 Å². The molecule has 0 aromatic carbocycles. The topological polar surface area (TPSA) is 26.0 Å². The van der Waals surface area contributed by atoms with Crippen LogP contribution in [0.1, 0.15) is 5.56 Å². The normalized spacial score (nSPS) is 12.2. The average molecular weight is 187 g/mol. The molecule has 0 radical (unpaired) electrons. The van der Waals surface area contributed by atoms with E-state index in [0.29, 0.717) is 5.39 Å². The average Bonchev–Trinajstić information content (AvgIpc) is 2.47. The summed E-state index contributed by atoms with van der Waals surface area (Å²) >= 11 is 0. The fraction of sp³-hybridized carbons (Fsp3) is 0.125. The van der Waals surface area contributed by atoms with Crippen LogP contribution in [0.4, 0.5) is 13.2 Å². The van der Waals surface area contributed by atoms with Crippen molar-refractivity contribution in [1.82, 2.24) is 4.98 Å². The minimum Gasteiger partial charge on any atom is -0.446 e. The van der Waals surface area contributed by atoms with Gasteiger partial charge < -0.3 is 4.42 Å². The molecule has 0 saturated heterocycles. The predicted molar refractivity (Wildman–Crippen MR) is 39.0 cm³/mol. The van der Waals surface area contributed by atoms with Gasteiger partial charge in [-0.2, -0.15) is 13.2 Å². The fourth-order valence-corrected chi connectivity index (χ4v) is 1.01. The molecule has 0 N–H and O–H groups in total. The molecule has 0 aliphatic rings. The summed E-state index contributed by atoms with van der Waals surface area (Å²) in [5.74, 6) is 0. The first-order valence-electron chi connectivity index (χ1n) is 3.48. The van der Waals surface area contributed by atoms with Crippen LogP contribution in [0.3, 0.4) is 0 Å². The lowest BCUT2D eigenvalue weighted by atomic mass is 10.2. The molecular weight excluding hydrogens is 183 g/mol. The number of fused-ring (bicyclic) bond motifs is 1. The summed E-state index contributed by atoms with van der Waals surface area (Å²) in [7, 11) is 0. The largest absolute Gasteiger partial charge is 0.446 e. The third-order valence-electron chi connectivity index (χ3n) is 1.63. The second-order valence-electron chi connectivity index (χ2n) is 2.54. The SMILES string of the molecule is FC(F)(F)c1cnc2occc2c1. The van der Waals surface area contributed by atoms with Crippen molar-refractivity contribution >= 4 is 11.1 Å². The van der Waals surface area contributed by atoms with Crippen molar-refractivity contribution in [1.29, 1.82) is 0 Å². The van der Waals surface area contributed by atoms with Crippen LogP contribution < -0.4 is 0 Å². The molecule has 0 aliphatic heterocycles. The van der Waals surface area contributed by atoms with E-state index in [0.717, 1.165) is 12.3 Å². The first-order chi connectivity index (χ1) is 6.07. The third kappa shape index (κ3) is 1.37. The number of hydrogen-bond donors (Lipinski definition) is 0. The van der Waals surface area contributed by atoms with E-state index >= 15 is 0 Å². The Morgan fingerprint density at radius 2 is 2.08 bits per heavy atom. The molecule has 2 aromatic rings. The third-order valence-corrected chi connectivity index (χ3v) is 1.63. The zero-order valence-corrected chi connectivity index (χ0v) is 6.30. The van der Waals surface area contributed by atoms with Crippen LogP contribution >= 0.6 is 0 Å². The summed E-state index contributed by atoms with van der Waals surface area (Å²) in [5, 5.41) is 0.356. The molecule has 0 unspecified atom stereocenters. The number of rotatable bonds is 0. The highest BCUT2D eigenvalue weighted by atomic mass is 19.4. The van der Waals surface area contributed by atoms with Gasteiger partial charge in [-0.1, -0.05) is 0 Å². The molecule has 0 atom stereocenters. The molecule has 0 aliphatic carbocycles. The second-order valence-corrected chi connectivity index (χ2v) is 2.54. The van der Waals surface area contributed by atoms with Crippen molar-refractivity contribution in [3.05, 3.63) is 30.2 Å². The van der Waals surface area contributed by atoms with Gasteiger partial charge in [0.15, 0.2) is 0 Å². The van der Waals surface area contributed by atoms with E-state index in [4.69, 9.17) is 4.42 Å². The molecule has 0 fully saturated rings. The van der Waals surface area contributed by atoms with Gasteiger partial charge in [-0.15, -0.1) is 0 Å². The summed E-state index contributed by atoms with van der Waals surface area (Å²) in [6.45, 7) is 0. The van der Waals surface area contributed by atoms with Crippen molar-refractivity contribution < 1.29 is 17.6 Å². The van der Waals surface area contributed by atoms with Gasteiger partial charge in [-0.05, 0) is 12.1 Å². The van der Waals surface area contributed by atoms with E-state index in [2.05, 4.69) is 4.98 Å². The van der Waals surface area contributed by atoms with E-state index in [9.17, 15) is 13.2 Å². The standard InChI is InChI=1S/C8H4F3NO/c9-8(10,11)6-3-5-1-2-13-7(5)12-4-6/h1-4H. The molecule has 0 spiro atoms. The van der Waals surface area contributed by atoms with Crippen LogP contribution in [0.2, 0.25) is 0 Å². The lowest BCUT2D eigenvalue weighted by Crippen LogP contribution is -2.04. The van der Waals surface area contributed by atoms with Gasteiger partial charge in [-0.25, -0.2) is 4.98 Å². The number of halogens is 3. The number of furan rings is 1. The lowest BCUT2D eigenvalue weighted by Gasteiger charge is -2.04.